The Balaban J connectivity index is 1.22. The number of carbonyl (C=O) groups is 1. The molecule has 4 aliphatic carbocycles. The highest BCUT2D eigenvalue weighted by Crippen LogP contribution is 2.53. The van der Waals surface area contributed by atoms with Gasteiger partial charge in [-0.2, -0.15) is 0 Å². The highest BCUT2D eigenvalue weighted by molar-refractivity contribution is 5.79. The van der Waals surface area contributed by atoms with Gasteiger partial charge in [-0.3, -0.25) is 4.79 Å². The number of aromatic nitrogens is 4. The van der Waals surface area contributed by atoms with E-state index in [9.17, 15) is 4.79 Å². The van der Waals surface area contributed by atoms with Gasteiger partial charge in [0.25, 0.3) is 0 Å². The van der Waals surface area contributed by atoms with E-state index in [0.717, 1.165) is 34.9 Å². The van der Waals surface area contributed by atoms with Gasteiger partial charge in [-0.25, -0.2) is 4.68 Å². The smallest absolute Gasteiger partial charge is 0.224 e. The van der Waals surface area contributed by atoms with Crippen LogP contribution >= 0.6 is 0 Å². The van der Waals surface area contributed by atoms with Crippen LogP contribution in [0.25, 0.3) is 5.69 Å². The van der Waals surface area contributed by atoms with Crippen LogP contribution in [0.5, 0.6) is 0 Å². The molecule has 25 heavy (non-hydrogen) atoms. The van der Waals surface area contributed by atoms with Crippen molar-refractivity contribution in [1.29, 1.82) is 0 Å². The fourth-order valence-corrected chi connectivity index (χ4v) is 5.63. The van der Waals surface area contributed by atoms with Crippen LogP contribution in [-0.2, 0) is 11.2 Å². The third kappa shape index (κ3) is 2.83. The van der Waals surface area contributed by atoms with Crippen molar-refractivity contribution in [3.05, 3.63) is 36.2 Å². The average Bonchev–Trinajstić information content (AvgIpc) is 3.13. The first-order valence-electron chi connectivity index (χ1n) is 9.36. The van der Waals surface area contributed by atoms with Crippen molar-refractivity contribution >= 4 is 5.91 Å². The Hall–Kier alpha value is -2.24. The summed E-state index contributed by atoms with van der Waals surface area (Å²) in [6, 6.07) is 8.27. The van der Waals surface area contributed by atoms with Crippen LogP contribution in [0, 0.1) is 23.7 Å². The van der Waals surface area contributed by atoms with Gasteiger partial charge in [0.1, 0.15) is 6.33 Å². The lowest BCUT2D eigenvalue weighted by atomic mass is 9.54. The summed E-state index contributed by atoms with van der Waals surface area (Å²) in [5.41, 5.74) is 1.92. The minimum absolute atomic E-state index is 0.160. The predicted octanol–water partition coefficient (Wildman–Crippen LogP) is 2.15. The molecular weight excluding hydrogens is 314 g/mol. The predicted molar refractivity (Wildman–Crippen MR) is 91.8 cm³/mol. The van der Waals surface area contributed by atoms with Crippen molar-refractivity contribution in [3.63, 3.8) is 0 Å². The number of hydrogen-bond donors (Lipinski definition) is 1. The Bertz CT molecular complexity index is 727. The molecule has 0 saturated heterocycles. The maximum atomic E-state index is 12.6. The number of tetrazole rings is 1. The van der Waals surface area contributed by atoms with Crippen LogP contribution in [0.3, 0.4) is 0 Å². The van der Waals surface area contributed by atoms with Crippen LogP contribution < -0.4 is 5.32 Å². The van der Waals surface area contributed by atoms with Crippen molar-refractivity contribution in [2.45, 2.75) is 44.6 Å². The molecule has 6 rings (SSSR count). The van der Waals surface area contributed by atoms with Crippen LogP contribution in [0.2, 0.25) is 0 Å². The average molecular weight is 337 g/mol. The van der Waals surface area contributed by atoms with E-state index in [4.69, 9.17) is 0 Å². The largest absolute Gasteiger partial charge is 0.353 e. The van der Waals surface area contributed by atoms with Crippen molar-refractivity contribution in [2.75, 3.05) is 0 Å². The molecule has 6 heteroatoms. The normalized spacial score (nSPS) is 32.7. The zero-order valence-electron chi connectivity index (χ0n) is 14.2. The second-order valence-corrected chi connectivity index (χ2v) is 8.12. The summed E-state index contributed by atoms with van der Waals surface area (Å²) in [5, 5.41) is 14.5. The minimum Gasteiger partial charge on any atom is -0.353 e. The number of nitrogens with zero attached hydrogens (tertiary/aromatic N) is 4. The Morgan fingerprint density at radius 2 is 1.72 bits per heavy atom. The molecule has 0 radical (unpaired) electrons. The molecule has 6 nitrogen and oxygen atoms in total. The number of carbonyl (C=O) groups excluding carboxylic acids is 1. The van der Waals surface area contributed by atoms with Gasteiger partial charge in [-0.1, -0.05) is 12.1 Å². The lowest BCUT2D eigenvalue weighted by Gasteiger charge is -2.54. The van der Waals surface area contributed by atoms with E-state index in [2.05, 4.69) is 20.8 Å². The molecule has 1 heterocycles. The molecule has 0 aliphatic heterocycles. The lowest BCUT2D eigenvalue weighted by Crippen LogP contribution is -2.56. The first kappa shape index (κ1) is 15.0. The van der Waals surface area contributed by atoms with Crippen LogP contribution in [0.4, 0.5) is 0 Å². The zero-order valence-corrected chi connectivity index (χ0v) is 14.2. The van der Waals surface area contributed by atoms with Crippen LogP contribution in [0.1, 0.15) is 37.7 Å². The standard InChI is InChI=1S/C19H23N5O/c25-18(10-12-1-3-17(4-2-12)24-11-20-22-23-24)21-19-15-6-13-5-14(8-15)9-16(19)7-13/h1-4,11,13-16,19H,5-10H2,(H,21,25). The molecule has 130 valence electrons. The summed E-state index contributed by atoms with van der Waals surface area (Å²) in [6.07, 6.45) is 8.78. The fourth-order valence-electron chi connectivity index (χ4n) is 5.63. The second kappa shape index (κ2) is 5.93. The zero-order chi connectivity index (χ0) is 16.8. The summed E-state index contributed by atoms with van der Waals surface area (Å²) in [7, 11) is 0. The first-order valence-corrected chi connectivity index (χ1v) is 9.36. The fraction of sp³-hybridized carbons (Fsp3) is 0.579. The van der Waals surface area contributed by atoms with E-state index in [-0.39, 0.29) is 5.91 Å². The Labute approximate surface area is 147 Å². The van der Waals surface area contributed by atoms with E-state index in [1.165, 1.54) is 32.1 Å². The number of benzene rings is 1. The maximum Gasteiger partial charge on any atom is 0.224 e. The van der Waals surface area contributed by atoms with Gasteiger partial charge in [-0.05, 0) is 83.9 Å². The molecule has 2 aromatic rings. The quantitative estimate of drug-likeness (QED) is 0.928. The van der Waals surface area contributed by atoms with Crippen LogP contribution in [-0.4, -0.2) is 32.2 Å². The molecule has 1 amide bonds. The third-order valence-corrected chi connectivity index (χ3v) is 6.47. The Kier molecular flexibility index (Phi) is 3.57. The van der Waals surface area contributed by atoms with E-state index >= 15 is 0 Å². The van der Waals surface area contributed by atoms with Crippen LogP contribution in [0.15, 0.2) is 30.6 Å². The van der Waals surface area contributed by atoms with Gasteiger partial charge >= 0.3 is 0 Å². The molecule has 1 N–H and O–H groups in total. The van der Waals surface area contributed by atoms with Gasteiger partial charge in [-0.15, -0.1) is 5.10 Å². The highest BCUT2D eigenvalue weighted by Gasteiger charge is 2.48. The van der Waals surface area contributed by atoms with Gasteiger partial charge in [0.05, 0.1) is 12.1 Å². The summed E-state index contributed by atoms with van der Waals surface area (Å²) in [5.74, 6) is 3.49. The molecule has 4 fully saturated rings. The van der Waals surface area contributed by atoms with E-state index < -0.39 is 0 Å². The molecule has 0 spiro atoms. The molecule has 1 aromatic heterocycles. The lowest BCUT2D eigenvalue weighted by molar-refractivity contribution is -0.124. The van der Waals surface area contributed by atoms with Gasteiger partial charge in [0.2, 0.25) is 5.91 Å². The monoisotopic (exact) mass is 337 g/mol. The van der Waals surface area contributed by atoms with Crippen molar-refractivity contribution < 1.29 is 4.79 Å². The molecule has 4 aliphatic rings. The van der Waals surface area contributed by atoms with E-state index in [0.29, 0.717) is 12.5 Å². The Morgan fingerprint density at radius 1 is 1.04 bits per heavy atom. The minimum atomic E-state index is 0.160. The molecule has 4 bridgehead atoms. The van der Waals surface area contributed by atoms with Gasteiger partial charge in [0, 0.05) is 6.04 Å². The summed E-state index contributed by atoms with van der Waals surface area (Å²) >= 11 is 0. The molecule has 0 atom stereocenters. The number of rotatable bonds is 4. The first-order chi connectivity index (χ1) is 12.2. The third-order valence-electron chi connectivity index (χ3n) is 6.47. The topological polar surface area (TPSA) is 72.7 Å². The van der Waals surface area contributed by atoms with Gasteiger partial charge in [0.15, 0.2) is 0 Å². The highest BCUT2D eigenvalue weighted by atomic mass is 16.1. The van der Waals surface area contributed by atoms with Crippen molar-refractivity contribution in [3.8, 4) is 5.69 Å². The molecule has 1 aromatic carbocycles. The summed E-state index contributed by atoms with van der Waals surface area (Å²) < 4.78 is 1.61. The summed E-state index contributed by atoms with van der Waals surface area (Å²) in [4.78, 5) is 12.6. The SMILES string of the molecule is O=C(Cc1ccc(-n2cnnn2)cc1)NC1C2CC3CC(C2)CC1C3. The molecule has 4 saturated carbocycles. The van der Waals surface area contributed by atoms with Crippen molar-refractivity contribution in [2.24, 2.45) is 23.7 Å². The van der Waals surface area contributed by atoms with Crippen molar-refractivity contribution in [1.82, 2.24) is 25.5 Å². The Morgan fingerprint density at radius 3 is 2.32 bits per heavy atom. The number of hydrogen-bond acceptors (Lipinski definition) is 4. The number of nitrogens with one attached hydrogen (secondary N) is 1. The molecular formula is C19H23N5O. The van der Waals surface area contributed by atoms with E-state index in [1.807, 2.05) is 24.3 Å². The molecule has 0 unspecified atom stereocenters. The second-order valence-electron chi connectivity index (χ2n) is 8.12. The summed E-state index contributed by atoms with van der Waals surface area (Å²) in [6.45, 7) is 0. The maximum absolute atomic E-state index is 12.6. The van der Waals surface area contributed by atoms with Gasteiger partial charge < -0.3 is 5.32 Å². The van der Waals surface area contributed by atoms with E-state index in [1.54, 1.807) is 11.0 Å². The number of amides is 1.